The monoisotopic (exact) mass is 370 g/mol. The summed E-state index contributed by atoms with van der Waals surface area (Å²) in [4.78, 5) is 12.6. The molecule has 2 rings (SSSR count). The van der Waals surface area contributed by atoms with Crippen LogP contribution >= 0.6 is 11.3 Å². The van der Waals surface area contributed by atoms with Gasteiger partial charge >= 0.3 is 0 Å². The molecule has 0 atom stereocenters. The van der Waals surface area contributed by atoms with E-state index in [1.165, 1.54) is 27.3 Å². The number of benzene rings is 1. The van der Waals surface area contributed by atoms with Crippen LogP contribution in [0.15, 0.2) is 29.2 Å². The summed E-state index contributed by atoms with van der Waals surface area (Å²) < 4.78 is 38.1. The first-order valence-corrected chi connectivity index (χ1v) is 9.19. The normalized spacial score (nSPS) is 11.0. The van der Waals surface area contributed by atoms with Crippen molar-refractivity contribution in [3.05, 3.63) is 34.0 Å². The number of methoxy groups -OCH3 is 2. The van der Waals surface area contributed by atoms with Crippen molar-refractivity contribution in [3.63, 3.8) is 0 Å². The van der Waals surface area contributed by atoms with Crippen LogP contribution in [-0.2, 0) is 10.0 Å². The van der Waals surface area contributed by atoms with Crippen molar-refractivity contribution in [2.45, 2.75) is 11.8 Å². The fraction of sp³-hybridized carbons (Fsp3) is 0.267. The van der Waals surface area contributed by atoms with Crippen molar-refractivity contribution in [1.29, 1.82) is 0 Å². The van der Waals surface area contributed by atoms with Crippen molar-refractivity contribution < 1.29 is 22.7 Å². The van der Waals surface area contributed by atoms with Gasteiger partial charge in [-0.05, 0) is 25.1 Å². The van der Waals surface area contributed by atoms with E-state index in [4.69, 9.17) is 9.47 Å². The SMILES string of the molecule is CNC(=O)c1cc(S(=O)(=O)Nc2ccc(OC)cc2OC)c(C)s1. The van der Waals surface area contributed by atoms with Crippen molar-refractivity contribution >= 4 is 33.0 Å². The molecule has 1 heterocycles. The highest BCUT2D eigenvalue weighted by Gasteiger charge is 2.23. The molecule has 0 radical (unpaired) electrons. The number of sulfonamides is 1. The highest BCUT2D eigenvalue weighted by Crippen LogP contribution is 2.33. The fourth-order valence-electron chi connectivity index (χ4n) is 2.05. The second kappa shape index (κ2) is 7.10. The van der Waals surface area contributed by atoms with Gasteiger partial charge in [-0.3, -0.25) is 9.52 Å². The summed E-state index contributed by atoms with van der Waals surface area (Å²) in [5, 5.41) is 2.48. The number of hydrogen-bond donors (Lipinski definition) is 2. The predicted molar refractivity (Wildman–Crippen MR) is 92.8 cm³/mol. The molecule has 0 fully saturated rings. The Morgan fingerprint density at radius 1 is 1.17 bits per heavy atom. The number of nitrogens with one attached hydrogen (secondary N) is 2. The van der Waals surface area contributed by atoms with Gasteiger partial charge in [-0.2, -0.15) is 0 Å². The summed E-state index contributed by atoms with van der Waals surface area (Å²) in [5.74, 6) is 0.548. The van der Waals surface area contributed by atoms with Crippen molar-refractivity contribution in [1.82, 2.24) is 5.32 Å². The smallest absolute Gasteiger partial charge is 0.263 e. The molecule has 1 amide bonds. The summed E-state index contributed by atoms with van der Waals surface area (Å²) in [6, 6.07) is 6.11. The van der Waals surface area contributed by atoms with Crippen molar-refractivity contribution in [2.24, 2.45) is 0 Å². The molecular weight excluding hydrogens is 352 g/mol. The van der Waals surface area contributed by atoms with Gasteiger partial charge in [-0.25, -0.2) is 8.42 Å². The number of anilines is 1. The number of aryl methyl sites for hydroxylation is 1. The van der Waals surface area contributed by atoms with E-state index < -0.39 is 10.0 Å². The third-order valence-corrected chi connectivity index (χ3v) is 5.94. The molecule has 1 aromatic heterocycles. The van der Waals surface area contributed by atoms with Gasteiger partial charge < -0.3 is 14.8 Å². The molecule has 0 spiro atoms. The van der Waals surface area contributed by atoms with Crippen LogP contribution in [0.3, 0.4) is 0 Å². The summed E-state index contributed by atoms with van der Waals surface area (Å²) in [5.41, 5.74) is 0.283. The van der Waals surface area contributed by atoms with Crippen LogP contribution in [-0.4, -0.2) is 35.6 Å². The Hall–Kier alpha value is -2.26. The molecule has 0 aliphatic rings. The minimum absolute atomic E-state index is 0.0592. The number of amides is 1. The Morgan fingerprint density at radius 3 is 2.46 bits per heavy atom. The molecule has 9 heteroatoms. The van der Waals surface area contributed by atoms with Gasteiger partial charge in [0.25, 0.3) is 15.9 Å². The average Bonchev–Trinajstić information content (AvgIpc) is 2.97. The van der Waals surface area contributed by atoms with E-state index in [0.29, 0.717) is 21.3 Å². The minimum atomic E-state index is -3.86. The van der Waals surface area contributed by atoms with Crippen molar-refractivity contribution in [3.8, 4) is 11.5 Å². The molecule has 130 valence electrons. The molecule has 0 aliphatic carbocycles. The second-order valence-corrected chi connectivity index (χ2v) is 7.69. The summed E-state index contributed by atoms with van der Waals surface area (Å²) in [6.07, 6.45) is 0. The Bertz CT molecular complexity index is 859. The zero-order valence-electron chi connectivity index (χ0n) is 13.7. The first-order chi connectivity index (χ1) is 11.3. The highest BCUT2D eigenvalue weighted by molar-refractivity contribution is 7.93. The van der Waals surface area contributed by atoms with Gasteiger partial charge in [0.2, 0.25) is 0 Å². The maximum absolute atomic E-state index is 12.6. The van der Waals surface area contributed by atoms with Crippen LogP contribution < -0.4 is 19.5 Å². The van der Waals surface area contributed by atoms with Gasteiger partial charge in [0.05, 0.1) is 24.8 Å². The van der Waals surface area contributed by atoms with Crippen LogP contribution in [0.5, 0.6) is 11.5 Å². The quantitative estimate of drug-likeness (QED) is 0.813. The molecule has 24 heavy (non-hydrogen) atoms. The largest absolute Gasteiger partial charge is 0.497 e. The van der Waals surface area contributed by atoms with Gasteiger partial charge in [0.1, 0.15) is 16.4 Å². The molecule has 1 aromatic carbocycles. The first-order valence-electron chi connectivity index (χ1n) is 6.89. The van der Waals surface area contributed by atoms with Gasteiger partial charge in [-0.15, -0.1) is 11.3 Å². The van der Waals surface area contributed by atoms with E-state index in [0.717, 1.165) is 11.3 Å². The van der Waals surface area contributed by atoms with E-state index in [1.807, 2.05) is 0 Å². The summed E-state index contributed by atoms with van der Waals surface area (Å²) in [6.45, 7) is 1.65. The predicted octanol–water partition coefficient (Wildman–Crippen LogP) is 2.23. The Balaban J connectivity index is 2.39. The van der Waals surface area contributed by atoms with Gasteiger partial charge in [-0.1, -0.05) is 0 Å². The molecule has 2 aromatic rings. The lowest BCUT2D eigenvalue weighted by molar-refractivity contribution is 0.0967. The molecular formula is C15H18N2O5S2. The number of carbonyl (C=O) groups is 1. The van der Waals surface area contributed by atoms with E-state index in [-0.39, 0.29) is 16.5 Å². The lowest BCUT2D eigenvalue weighted by Crippen LogP contribution is -2.17. The van der Waals surface area contributed by atoms with E-state index >= 15 is 0 Å². The Kier molecular flexibility index (Phi) is 5.35. The Morgan fingerprint density at radius 2 is 1.88 bits per heavy atom. The fourth-order valence-corrected chi connectivity index (χ4v) is 4.66. The molecule has 0 bridgehead atoms. The van der Waals surface area contributed by atoms with Gasteiger partial charge in [0, 0.05) is 18.0 Å². The maximum Gasteiger partial charge on any atom is 0.263 e. The number of hydrogen-bond acceptors (Lipinski definition) is 6. The molecule has 7 nitrogen and oxygen atoms in total. The van der Waals surface area contributed by atoms with Crippen molar-refractivity contribution in [2.75, 3.05) is 26.0 Å². The molecule has 2 N–H and O–H groups in total. The summed E-state index contributed by atoms with van der Waals surface area (Å²) in [7, 11) is 0.579. The average molecular weight is 370 g/mol. The number of rotatable bonds is 6. The lowest BCUT2D eigenvalue weighted by atomic mass is 10.3. The van der Waals surface area contributed by atoms with Crippen LogP contribution in [0.1, 0.15) is 14.5 Å². The minimum Gasteiger partial charge on any atom is -0.497 e. The zero-order chi connectivity index (χ0) is 17.9. The first kappa shape index (κ1) is 18.1. The maximum atomic E-state index is 12.6. The van der Waals surface area contributed by atoms with E-state index in [9.17, 15) is 13.2 Å². The van der Waals surface area contributed by atoms with E-state index in [2.05, 4.69) is 10.0 Å². The van der Waals surface area contributed by atoms with E-state index in [1.54, 1.807) is 25.1 Å². The van der Waals surface area contributed by atoms with Crippen LogP contribution in [0.4, 0.5) is 5.69 Å². The van der Waals surface area contributed by atoms with Crippen LogP contribution in [0.25, 0.3) is 0 Å². The number of carbonyl (C=O) groups excluding carboxylic acids is 1. The third-order valence-electron chi connectivity index (χ3n) is 3.27. The third kappa shape index (κ3) is 3.62. The second-order valence-electron chi connectivity index (χ2n) is 4.78. The molecule has 0 saturated carbocycles. The molecule has 0 unspecified atom stereocenters. The topological polar surface area (TPSA) is 93.7 Å². The summed E-state index contributed by atoms with van der Waals surface area (Å²) >= 11 is 1.12. The zero-order valence-corrected chi connectivity index (χ0v) is 15.3. The molecule has 0 saturated heterocycles. The standard InChI is InChI=1S/C15H18N2O5S2/c1-9-14(8-13(23-9)15(18)16-2)24(19,20)17-11-6-5-10(21-3)7-12(11)22-4/h5-8,17H,1-4H3,(H,16,18). The number of ether oxygens (including phenoxy) is 2. The lowest BCUT2D eigenvalue weighted by Gasteiger charge is -2.12. The number of thiophene rings is 1. The molecule has 0 aliphatic heterocycles. The Labute approximate surface area is 144 Å². The van der Waals surface area contributed by atoms with Gasteiger partial charge in [0.15, 0.2) is 0 Å². The highest BCUT2D eigenvalue weighted by atomic mass is 32.2. The van der Waals surface area contributed by atoms with Crippen LogP contribution in [0.2, 0.25) is 0 Å². The van der Waals surface area contributed by atoms with Crippen LogP contribution in [0, 0.1) is 6.92 Å².